The summed E-state index contributed by atoms with van der Waals surface area (Å²) in [6.07, 6.45) is 0. The predicted molar refractivity (Wildman–Crippen MR) is 87.9 cm³/mol. The Hall–Kier alpha value is -0.910. The molecule has 0 aliphatic heterocycles. The van der Waals surface area contributed by atoms with Crippen molar-refractivity contribution in [3.05, 3.63) is 29.8 Å². The molecule has 0 aliphatic carbocycles. The molecule has 0 saturated heterocycles. The molecule has 120 valence electrons. The van der Waals surface area contributed by atoms with Gasteiger partial charge < -0.3 is 11.5 Å². The maximum atomic E-state index is 12.1. The lowest BCUT2D eigenvalue weighted by Gasteiger charge is -2.27. The molecule has 0 amide bonds. The minimum atomic E-state index is -3.21. The summed E-state index contributed by atoms with van der Waals surface area (Å²) in [5.41, 5.74) is 12.6. The van der Waals surface area contributed by atoms with Gasteiger partial charge in [0.15, 0.2) is 9.84 Å². The zero-order valence-electron chi connectivity index (χ0n) is 13.4. The van der Waals surface area contributed by atoms with Crippen molar-refractivity contribution in [2.75, 3.05) is 13.1 Å². The maximum Gasteiger partial charge on any atom is 0.180 e. The number of rotatable bonds is 7. The van der Waals surface area contributed by atoms with Crippen LogP contribution in [-0.4, -0.2) is 26.8 Å². The van der Waals surface area contributed by atoms with Gasteiger partial charge in [0.25, 0.3) is 0 Å². The first-order chi connectivity index (χ1) is 9.75. The highest BCUT2D eigenvalue weighted by Crippen LogP contribution is 2.30. The van der Waals surface area contributed by atoms with Crippen LogP contribution in [0.25, 0.3) is 0 Å². The fraction of sp³-hybridized carbons (Fsp3) is 0.625. The summed E-state index contributed by atoms with van der Waals surface area (Å²) >= 11 is 0. The third-order valence-electron chi connectivity index (χ3n) is 4.49. The van der Waals surface area contributed by atoms with Crippen LogP contribution in [0, 0.1) is 11.8 Å². The minimum Gasteiger partial charge on any atom is -0.330 e. The highest BCUT2D eigenvalue weighted by atomic mass is 32.2. The Balaban J connectivity index is 2.97. The standard InChI is InChI=1S/C16H28N2O2S/c1-11(2)21(19,20)16-7-5-14(6-8-16)12(3)13(4)15(9-17)10-18/h5-8,11-13,15H,9-10,17-18H2,1-4H3. The topological polar surface area (TPSA) is 86.2 Å². The lowest BCUT2D eigenvalue weighted by atomic mass is 9.80. The molecule has 0 spiro atoms. The molecule has 0 aromatic heterocycles. The van der Waals surface area contributed by atoms with Gasteiger partial charge in [0.2, 0.25) is 0 Å². The normalized spacial score (nSPS) is 15.4. The molecule has 1 aromatic carbocycles. The highest BCUT2D eigenvalue weighted by Gasteiger charge is 2.23. The van der Waals surface area contributed by atoms with Crippen molar-refractivity contribution in [3.8, 4) is 0 Å². The fourth-order valence-corrected chi connectivity index (χ4v) is 3.53. The van der Waals surface area contributed by atoms with Gasteiger partial charge in [-0.1, -0.05) is 26.0 Å². The van der Waals surface area contributed by atoms with Crippen LogP contribution in [0.15, 0.2) is 29.2 Å². The Morgan fingerprint density at radius 3 is 1.81 bits per heavy atom. The smallest absolute Gasteiger partial charge is 0.180 e. The SMILES string of the molecule is CC(c1ccc(S(=O)(=O)C(C)C)cc1)C(C)C(CN)CN. The first-order valence-corrected chi connectivity index (χ1v) is 9.04. The molecule has 21 heavy (non-hydrogen) atoms. The van der Waals surface area contributed by atoms with Crippen molar-refractivity contribution in [2.24, 2.45) is 23.3 Å². The van der Waals surface area contributed by atoms with Crippen molar-refractivity contribution in [2.45, 2.75) is 43.8 Å². The van der Waals surface area contributed by atoms with Gasteiger partial charge in [0, 0.05) is 0 Å². The molecule has 0 bridgehead atoms. The van der Waals surface area contributed by atoms with Crippen molar-refractivity contribution in [1.29, 1.82) is 0 Å². The Morgan fingerprint density at radius 1 is 0.952 bits per heavy atom. The van der Waals surface area contributed by atoms with E-state index in [1.165, 1.54) is 0 Å². The number of hydrogen-bond donors (Lipinski definition) is 2. The summed E-state index contributed by atoms with van der Waals surface area (Å²) in [7, 11) is -3.21. The molecule has 0 saturated carbocycles. The number of sulfone groups is 1. The van der Waals surface area contributed by atoms with Gasteiger partial charge in [0.05, 0.1) is 10.1 Å². The molecule has 0 radical (unpaired) electrons. The predicted octanol–water partition coefficient (Wildman–Crippen LogP) is 2.14. The minimum absolute atomic E-state index is 0.277. The molecular weight excluding hydrogens is 284 g/mol. The molecule has 5 heteroatoms. The van der Waals surface area contributed by atoms with E-state index in [1.54, 1.807) is 26.0 Å². The largest absolute Gasteiger partial charge is 0.330 e. The molecular formula is C16H28N2O2S. The van der Waals surface area contributed by atoms with E-state index in [-0.39, 0.29) is 11.8 Å². The first-order valence-electron chi connectivity index (χ1n) is 7.49. The van der Waals surface area contributed by atoms with E-state index in [9.17, 15) is 8.42 Å². The molecule has 4 N–H and O–H groups in total. The summed E-state index contributed by atoms with van der Waals surface area (Å²) in [6, 6.07) is 7.21. The van der Waals surface area contributed by atoms with Crippen LogP contribution in [-0.2, 0) is 9.84 Å². The molecule has 1 aromatic rings. The van der Waals surface area contributed by atoms with Crippen molar-refractivity contribution in [1.82, 2.24) is 0 Å². The van der Waals surface area contributed by atoms with E-state index in [4.69, 9.17) is 11.5 Å². The Morgan fingerprint density at radius 2 is 1.43 bits per heavy atom. The average molecular weight is 312 g/mol. The van der Waals surface area contributed by atoms with Crippen molar-refractivity contribution < 1.29 is 8.42 Å². The van der Waals surface area contributed by atoms with Crippen molar-refractivity contribution >= 4 is 9.84 Å². The molecule has 0 fully saturated rings. The zero-order chi connectivity index (χ0) is 16.2. The third kappa shape index (κ3) is 4.05. The van der Waals surface area contributed by atoms with Crippen LogP contribution in [0.3, 0.4) is 0 Å². The average Bonchev–Trinajstić information content (AvgIpc) is 2.47. The van der Waals surface area contributed by atoms with E-state index >= 15 is 0 Å². The second-order valence-corrected chi connectivity index (χ2v) is 8.55. The maximum absolute atomic E-state index is 12.1. The van der Waals surface area contributed by atoms with Crippen LogP contribution in [0.1, 0.15) is 39.2 Å². The highest BCUT2D eigenvalue weighted by molar-refractivity contribution is 7.92. The van der Waals surface area contributed by atoms with E-state index < -0.39 is 15.1 Å². The lowest BCUT2D eigenvalue weighted by molar-refractivity contribution is 0.328. The van der Waals surface area contributed by atoms with Crippen LogP contribution >= 0.6 is 0 Å². The van der Waals surface area contributed by atoms with Gasteiger partial charge in [-0.3, -0.25) is 0 Å². The van der Waals surface area contributed by atoms with Crippen LogP contribution in [0.4, 0.5) is 0 Å². The zero-order valence-corrected chi connectivity index (χ0v) is 14.2. The van der Waals surface area contributed by atoms with E-state index in [0.29, 0.717) is 23.9 Å². The monoisotopic (exact) mass is 312 g/mol. The van der Waals surface area contributed by atoms with Crippen LogP contribution < -0.4 is 11.5 Å². The summed E-state index contributed by atoms with van der Waals surface area (Å²) in [5, 5.41) is -0.404. The number of hydrogen-bond acceptors (Lipinski definition) is 4. The molecule has 2 atom stereocenters. The van der Waals surface area contributed by atoms with Gasteiger partial charge in [-0.25, -0.2) is 8.42 Å². The van der Waals surface area contributed by atoms with Crippen LogP contribution in [0.5, 0.6) is 0 Å². The Kier molecular flexibility index (Phi) is 6.38. The molecule has 0 heterocycles. The second kappa shape index (κ2) is 7.38. The second-order valence-electron chi connectivity index (χ2n) is 6.04. The van der Waals surface area contributed by atoms with E-state index in [0.717, 1.165) is 5.56 Å². The van der Waals surface area contributed by atoms with Gasteiger partial charge in [0.1, 0.15) is 0 Å². The summed E-state index contributed by atoms with van der Waals surface area (Å²) in [5.74, 6) is 0.921. The van der Waals surface area contributed by atoms with Gasteiger partial charge in [-0.2, -0.15) is 0 Å². The Labute approximate surface area is 128 Å². The fourth-order valence-electron chi connectivity index (χ4n) is 2.47. The van der Waals surface area contributed by atoms with Gasteiger partial charge in [-0.05, 0) is 62.4 Å². The molecule has 1 rings (SSSR count). The van der Waals surface area contributed by atoms with Gasteiger partial charge >= 0.3 is 0 Å². The molecule has 2 unspecified atom stereocenters. The molecule has 4 nitrogen and oxygen atoms in total. The Bertz CT molecular complexity index is 534. The van der Waals surface area contributed by atoms with Crippen LogP contribution in [0.2, 0.25) is 0 Å². The van der Waals surface area contributed by atoms with E-state index in [2.05, 4.69) is 13.8 Å². The van der Waals surface area contributed by atoms with E-state index in [1.807, 2.05) is 12.1 Å². The summed E-state index contributed by atoms with van der Waals surface area (Å²) in [4.78, 5) is 0.385. The quantitative estimate of drug-likeness (QED) is 0.807. The van der Waals surface area contributed by atoms with Gasteiger partial charge in [-0.15, -0.1) is 0 Å². The summed E-state index contributed by atoms with van der Waals surface area (Å²) < 4.78 is 24.2. The number of nitrogens with two attached hydrogens (primary N) is 2. The summed E-state index contributed by atoms with van der Waals surface area (Å²) in [6.45, 7) is 8.81. The third-order valence-corrected chi connectivity index (χ3v) is 6.66. The molecule has 0 aliphatic rings. The number of benzene rings is 1. The van der Waals surface area contributed by atoms with Crippen molar-refractivity contribution in [3.63, 3.8) is 0 Å². The lowest BCUT2D eigenvalue weighted by Crippen LogP contribution is -2.31. The first kappa shape index (κ1) is 18.1.